The molecule has 0 saturated heterocycles. The molecule has 19 heavy (non-hydrogen) atoms. The highest BCUT2D eigenvalue weighted by molar-refractivity contribution is 6.31. The Balaban J connectivity index is 1.85. The van der Waals surface area contributed by atoms with Gasteiger partial charge in [0.05, 0.1) is 5.69 Å². The molecule has 5 heteroatoms. The average Bonchev–Trinajstić information content (AvgIpc) is 2.86. The summed E-state index contributed by atoms with van der Waals surface area (Å²) in [5.41, 5.74) is 1.75. The largest absolute Gasteiger partial charge is 0.445 e. The van der Waals surface area contributed by atoms with Crippen LogP contribution in [0.3, 0.4) is 0 Å². The van der Waals surface area contributed by atoms with Crippen LogP contribution >= 0.6 is 11.6 Å². The third kappa shape index (κ3) is 4.26. The molecule has 0 aliphatic carbocycles. The van der Waals surface area contributed by atoms with Gasteiger partial charge in [0.2, 0.25) is 0 Å². The van der Waals surface area contributed by atoms with E-state index in [0.717, 1.165) is 24.2 Å². The van der Waals surface area contributed by atoms with E-state index in [-0.39, 0.29) is 6.08 Å². The molecule has 0 bridgehead atoms. The van der Waals surface area contributed by atoms with Gasteiger partial charge in [-0.3, -0.25) is 0 Å². The van der Waals surface area contributed by atoms with E-state index >= 15 is 0 Å². The number of hydrogen-bond acceptors (Lipinski definition) is 4. The second-order valence-corrected chi connectivity index (χ2v) is 4.57. The third-order valence-corrected chi connectivity index (χ3v) is 2.94. The van der Waals surface area contributed by atoms with E-state index in [1.807, 2.05) is 24.3 Å². The molecule has 1 aromatic carbocycles. The van der Waals surface area contributed by atoms with Crippen LogP contribution in [0.5, 0.6) is 6.08 Å². The molecule has 0 aliphatic rings. The SMILES string of the molecule is CCCNCc1coc(OCc2ccccc2Cl)n1. The zero-order valence-electron chi connectivity index (χ0n) is 10.9. The van der Waals surface area contributed by atoms with Crippen LogP contribution in [0.4, 0.5) is 0 Å². The molecule has 1 heterocycles. The highest BCUT2D eigenvalue weighted by Gasteiger charge is 2.06. The summed E-state index contributed by atoms with van der Waals surface area (Å²) in [6.07, 6.45) is 2.96. The Bertz CT molecular complexity index is 514. The maximum Gasteiger partial charge on any atom is 0.394 e. The standard InChI is InChI=1S/C14H17ClN2O2/c1-2-7-16-8-12-10-19-14(17-12)18-9-11-5-3-4-6-13(11)15/h3-6,10,16H,2,7-9H2,1H3. The van der Waals surface area contributed by atoms with E-state index in [1.54, 1.807) is 6.26 Å². The minimum atomic E-state index is 0.271. The van der Waals surface area contributed by atoms with Crippen molar-refractivity contribution in [3.05, 3.63) is 46.8 Å². The third-order valence-electron chi connectivity index (χ3n) is 2.57. The first-order valence-corrected chi connectivity index (χ1v) is 6.68. The van der Waals surface area contributed by atoms with Crippen LogP contribution in [-0.4, -0.2) is 11.5 Å². The van der Waals surface area contributed by atoms with Gasteiger partial charge in [0.15, 0.2) is 0 Å². The minimum absolute atomic E-state index is 0.271. The van der Waals surface area contributed by atoms with Gasteiger partial charge in [0.25, 0.3) is 0 Å². The minimum Gasteiger partial charge on any atom is -0.445 e. The summed E-state index contributed by atoms with van der Waals surface area (Å²) in [6, 6.07) is 7.54. The summed E-state index contributed by atoms with van der Waals surface area (Å²) in [7, 11) is 0. The smallest absolute Gasteiger partial charge is 0.394 e. The van der Waals surface area contributed by atoms with Crippen LogP contribution in [0.25, 0.3) is 0 Å². The van der Waals surface area contributed by atoms with Gasteiger partial charge in [0.1, 0.15) is 12.9 Å². The maximum absolute atomic E-state index is 6.04. The molecule has 0 spiro atoms. The van der Waals surface area contributed by atoms with Gasteiger partial charge in [-0.05, 0) is 19.0 Å². The molecule has 4 nitrogen and oxygen atoms in total. The van der Waals surface area contributed by atoms with E-state index in [9.17, 15) is 0 Å². The number of halogens is 1. The van der Waals surface area contributed by atoms with Gasteiger partial charge in [-0.25, -0.2) is 0 Å². The van der Waals surface area contributed by atoms with Crippen molar-refractivity contribution in [2.24, 2.45) is 0 Å². The molecular formula is C14H17ClN2O2. The van der Waals surface area contributed by atoms with Crippen molar-refractivity contribution in [2.75, 3.05) is 6.54 Å². The number of nitrogens with one attached hydrogen (secondary N) is 1. The van der Waals surface area contributed by atoms with Crippen molar-refractivity contribution >= 4 is 11.6 Å². The fourth-order valence-corrected chi connectivity index (χ4v) is 1.77. The number of rotatable bonds is 7. The summed E-state index contributed by atoms with van der Waals surface area (Å²) in [4.78, 5) is 4.23. The lowest BCUT2D eigenvalue weighted by atomic mass is 10.2. The van der Waals surface area contributed by atoms with Crippen LogP contribution in [-0.2, 0) is 13.2 Å². The number of ether oxygens (including phenoxy) is 1. The Labute approximate surface area is 117 Å². The number of hydrogen-bond donors (Lipinski definition) is 1. The average molecular weight is 281 g/mol. The summed E-state index contributed by atoms with van der Waals surface area (Å²) in [5.74, 6) is 0. The highest BCUT2D eigenvalue weighted by Crippen LogP contribution is 2.18. The first kappa shape index (κ1) is 13.9. The Hall–Kier alpha value is -1.52. The van der Waals surface area contributed by atoms with Gasteiger partial charge < -0.3 is 14.5 Å². The van der Waals surface area contributed by atoms with Gasteiger partial charge in [-0.1, -0.05) is 36.7 Å². The van der Waals surface area contributed by atoms with Crippen LogP contribution in [0, 0.1) is 0 Å². The van der Waals surface area contributed by atoms with E-state index < -0.39 is 0 Å². The highest BCUT2D eigenvalue weighted by atomic mass is 35.5. The number of aromatic nitrogens is 1. The monoisotopic (exact) mass is 280 g/mol. The molecule has 2 rings (SSSR count). The molecule has 1 aromatic heterocycles. The van der Waals surface area contributed by atoms with Gasteiger partial charge >= 0.3 is 6.08 Å². The van der Waals surface area contributed by atoms with Crippen LogP contribution in [0.15, 0.2) is 34.9 Å². The fourth-order valence-electron chi connectivity index (χ4n) is 1.58. The molecule has 0 amide bonds. The summed E-state index contributed by atoms with van der Waals surface area (Å²) >= 11 is 6.04. The van der Waals surface area contributed by atoms with Crippen molar-refractivity contribution in [1.82, 2.24) is 10.3 Å². The summed E-state index contributed by atoms with van der Waals surface area (Å²) < 4.78 is 10.7. The predicted molar refractivity (Wildman–Crippen MR) is 74.3 cm³/mol. The van der Waals surface area contributed by atoms with E-state index in [2.05, 4.69) is 17.2 Å². The Morgan fingerprint density at radius 2 is 2.21 bits per heavy atom. The molecular weight excluding hydrogens is 264 g/mol. The molecule has 0 aliphatic heterocycles. The first-order chi connectivity index (χ1) is 9.29. The second kappa shape index (κ2) is 7.16. The maximum atomic E-state index is 6.04. The van der Waals surface area contributed by atoms with Crippen molar-refractivity contribution in [2.45, 2.75) is 26.5 Å². The van der Waals surface area contributed by atoms with Crippen molar-refractivity contribution in [1.29, 1.82) is 0 Å². The predicted octanol–water partition coefficient (Wildman–Crippen LogP) is 3.41. The fraction of sp³-hybridized carbons (Fsp3) is 0.357. The van der Waals surface area contributed by atoms with E-state index in [4.69, 9.17) is 20.8 Å². The van der Waals surface area contributed by atoms with Crippen LogP contribution in [0.1, 0.15) is 24.6 Å². The number of oxazole rings is 1. The molecule has 0 atom stereocenters. The zero-order valence-corrected chi connectivity index (χ0v) is 11.6. The number of nitrogens with zero attached hydrogens (tertiary/aromatic N) is 1. The zero-order chi connectivity index (χ0) is 13.5. The summed E-state index contributed by atoms with van der Waals surface area (Å²) in [5, 5.41) is 3.93. The van der Waals surface area contributed by atoms with Gasteiger partial charge in [-0.15, -0.1) is 0 Å². The lowest BCUT2D eigenvalue weighted by molar-refractivity contribution is 0.220. The molecule has 102 valence electrons. The second-order valence-electron chi connectivity index (χ2n) is 4.16. The van der Waals surface area contributed by atoms with Gasteiger partial charge in [0, 0.05) is 17.1 Å². The van der Waals surface area contributed by atoms with Crippen molar-refractivity contribution in [3.63, 3.8) is 0 Å². The molecule has 1 N–H and O–H groups in total. The quantitative estimate of drug-likeness (QED) is 0.790. The molecule has 0 saturated carbocycles. The Morgan fingerprint density at radius 3 is 3.00 bits per heavy atom. The lowest BCUT2D eigenvalue weighted by Gasteiger charge is -2.03. The van der Waals surface area contributed by atoms with Crippen molar-refractivity contribution < 1.29 is 9.15 Å². The van der Waals surface area contributed by atoms with Crippen LogP contribution in [0.2, 0.25) is 5.02 Å². The van der Waals surface area contributed by atoms with E-state index in [0.29, 0.717) is 18.2 Å². The van der Waals surface area contributed by atoms with Crippen molar-refractivity contribution in [3.8, 4) is 6.08 Å². The first-order valence-electron chi connectivity index (χ1n) is 6.31. The Morgan fingerprint density at radius 1 is 1.37 bits per heavy atom. The molecule has 0 radical (unpaired) electrons. The normalized spacial score (nSPS) is 10.6. The lowest BCUT2D eigenvalue weighted by Crippen LogP contribution is -2.13. The Kier molecular flexibility index (Phi) is 5.24. The summed E-state index contributed by atoms with van der Waals surface area (Å²) in [6.45, 7) is 4.12. The number of benzene rings is 1. The van der Waals surface area contributed by atoms with Crippen LogP contribution < -0.4 is 10.1 Å². The molecule has 0 fully saturated rings. The molecule has 2 aromatic rings. The van der Waals surface area contributed by atoms with Gasteiger partial charge in [-0.2, -0.15) is 4.98 Å². The molecule has 0 unspecified atom stereocenters. The topological polar surface area (TPSA) is 47.3 Å². The van der Waals surface area contributed by atoms with E-state index in [1.165, 1.54) is 0 Å².